The van der Waals surface area contributed by atoms with Gasteiger partial charge in [0.15, 0.2) is 0 Å². The normalized spacial score (nSPS) is 23.3. The van der Waals surface area contributed by atoms with Crippen LogP contribution in [-0.4, -0.2) is 25.8 Å². The summed E-state index contributed by atoms with van der Waals surface area (Å²) in [5.41, 5.74) is 0. The zero-order chi connectivity index (χ0) is 17.3. The van der Waals surface area contributed by atoms with Gasteiger partial charge in [-0.05, 0) is 63.8 Å². The fourth-order valence-electron chi connectivity index (χ4n) is 3.31. The minimum Gasteiger partial charge on any atom is -0.207 e. The van der Waals surface area contributed by atoms with Crippen LogP contribution in [0.1, 0.15) is 19.3 Å². The molecule has 3 nitrogen and oxygen atoms in total. The molecule has 1 fully saturated rings. The molecule has 1 saturated heterocycles. The third kappa shape index (κ3) is 3.69. The molecule has 0 radical (unpaired) electrons. The molecule has 2 aliphatic rings. The van der Waals surface area contributed by atoms with Crippen LogP contribution < -0.4 is 0 Å². The lowest BCUT2D eigenvalue weighted by molar-refractivity contribution is 0.248. The minimum absolute atomic E-state index is 0.126. The Bertz CT molecular complexity index is 784. The van der Waals surface area contributed by atoms with E-state index in [1.807, 2.05) is 0 Å². The third-order valence-electron chi connectivity index (χ3n) is 4.63. The molecular formula is C17H18Br2FNO2S. The molecule has 1 aromatic rings. The molecule has 1 aliphatic carbocycles. The maximum Gasteiger partial charge on any atom is 0.244 e. The van der Waals surface area contributed by atoms with E-state index in [1.165, 1.54) is 27.0 Å². The van der Waals surface area contributed by atoms with Gasteiger partial charge >= 0.3 is 0 Å². The van der Waals surface area contributed by atoms with Crippen molar-refractivity contribution in [3.05, 3.63) is 51.2 Å². The van der Waals surface area contributed by atoms with Gasteiger partial charge in [0, 0.05) is 23.5 Å². The number of benzene rings is 1. The molecule has 1 aromatic carbocycles. The second-order valence-electron chi connectivity index (χ2n) is 6.09. The Balaban J connectivity index is 1.73. The van der Waals surface area contributed by atoms with E-state index in [0.29, 0.717) is 24.9 Å². The number of hydrogen-bond acceptors (Lipinski definition) is 2. The van der Waals surface area contributed by atoms with Crippen LogP contribution in [0.2, 0.25) is 0 Å². The number of sulfonamides is 1. The highest BCUT2D eigenvalue weighted by Crippen LogP contribution is 2.37. The molecule has 3 rings (SSSR count). The van der Waals surface area contributed by atoms with Crippen molar-refractivity contribution in [3.8, 4) is 0 Å². The summed E-state index contributed by atoms with van der Waals surface area (Å²) in [7, 11) is -3.60. The summed E-state index contributed by atoms with van der Waals surface area (Å²) in [4.78, 5) is 0.126. The van der Waals surface area contributed by atoms with Gasteiger partial charge in [0.1, 0.15) is 5.82 Å². The van der Waals surface area contributed by atoms with Crippen LogP contribution in [0.25, 0.3) is 0 Å². The Labute approximate surface area is 158 Å². The van der Waals surface area contributed by atoms with E-state index in [1.54, 1.807) is 0 Å². The second-order valence-corrected chi connectivity index (χ2v) is 9.77. The number of nitrogens with zero attached hydrogens (tertiary/aromatic N) is 1. The first-order valence-electron chi connectivity index (χ1n) is 7.87. The van der Waals surface area contributed by atoms with Crippen LogP contribution in [0, 0.1) is 17.7 Å². The first kappa shape index (κ1) is 18.3. The molecule has 1 aliphatic heterocycles. The molecule has 0 spiro atoms. The van der Waals surface area contributed by atoms with Crippen LogP contribution in [0.5, 0.6) is 0 Å². The molecule has 7 heteroatoms. The SMILES string of the molecule is O=S(=O)(c1ccc(F)cc1Br)N1CCC(C2C=CCC=C2Br)CC1. The van der Waals surface area contributed by atoms with Crippen molar-refractivity contribution >= 4 is 41.9 Å². The van der Waals surface area contributed by atoms with Gasteiger partial charge in [0.2, 0.25) is 10.0 Å². The second kappa shape index (κ2) is 7.40. The molecule has 0 amide bonds. The fourth-order valence-corrected chi connectivity index (χ4v) is 6.51. The molecule has 0 N–H and O–H groups in total. The van der Waals surface area contributed by atoms with Crippen molar-refractivity contribution in [2.24, 2.45) is 11.8 Å². The van der Waals surface area contributed by atoms with Gasteiger partial charge in [-0.1, -0.05) is 34.2 Å². The highest BCUT2D eigenvalue weighted by molar-refractivity contribution is 9.11. The topological polar surface area (TPSA) is 37.4 Å². The fraction of sp³-hybridized carbons (Fsp3) is 0.412. The van der Waals surface area contributed by atoms with Crippen molar-refractivity contribution in [2.45, 2.75) is 24.2 Å². The number of halogens is 3. The third-order valence-corrected chi connectivity index (χ3v) is 8.36. The van der Waals surface area contributed by atoms with E-state index in [-0.39, 0.29) is 9.37 Å². The van der Waals surface area contributed by atoms with Gasteiger partial charge in [-0.15, -0.1) is 0 Å². The average Bonchev–Trinajstić information content (AvgIpc) is 2.55. The zero-order valence-electron chi connectivity index (χ0n) is 13.0. The summed E-state index contributed by atoms with van der Waals surface area (Å²) in [5.74, 6) is 0.330. The number of hydrogen-bond donors (Lipinski definition) is 0. The standard InChI is InChI=1S/C17H18Br2FNO2S/c18-15-4-2-1-3-14(15)12-7-9-21(10-8-12)24(22,23)17-6-5-13(20)11-16(17)19/h1,3-6,11-12,14H,2,7-10H2. The Hall–Kier alpha value is -0.500. The first-order valence-corrected chi connectivity index (χ1v) is 10.9. The van der Waals surface area contributed by atoms with E-state index in [2.05, 4.69) is 50.1 Å². The Kier molecular flexibility index (Phi) is 5.64. The van der Waals surface area contributed by atoms with Gasteiger partial charge in [0.05, 0.1) is 4.90 Å². The Morgan fingerprint density at radius 2 is 1.88 bits per heavy atom. The number of piperidine rings is 1. The quantitative estimate of drug-likeness (QED) is 0.582. The maximum atomic E-state index is 13.2. The molecule has 0 aromatic heterocycles. The molecular weight excluding hydrogens is 461 g/mol. The van der Waals surface area contributed by atoms with Crippen molar-refractivity contribution in [1.29, 1.82) is 0 Å². The van der Waals surface area contributed by atoms with E-state index in [4.69, 9.17) is 0 Å². The van der Waals surface area contributed by atoms with Crippen LogP contribution in [0.4, 0.5) is 4.39 Å². The Morgan fingerprint density at radius 1 is 1.17 bits per heavy atom. The van der Waals surface area contributed by atoms with E-state index >= 15 is 0 Å². The van der Waals surface area contributed by atoms with Gasteiger partial charge < -0.3 is 0 Å². The van der Waals surface area contributed by atoms with E-state index < -0.39 is 15.8 Å². The minimum atomic E-state index is -3.60. The van der Waals surface area contributed by atoms with E-state index in [0.717, 1.165) is 19.3 Å². The highest BCUT2D eigenvalue weighted by Gasteiger charge is 2.33. The lowest BCUT2D eigenvalue weighted by atomic mass is 9.83. The maximum absolute atomic E-state index is 13.2. The lowest BCUT2D eigenvalue weighted by Gasteiger charge is -2.35. The van der Waals surface area contributed by atoms with Crippen LogP contribution in [-0.2, 0) is 10.0 Å². The van der Waals surface area contributed by atoms with Crippen LogP contribution in [0.3, 0.4) is 0 Å². The largest absolute Gasteiger partial charge is 0.244 e. The van der Waals surface area contributed by atoms with Crippen molar-refractivity contribution in [2.75, 3.05) is 13.1 Å². The van der Waals surface area contributed by atoms with Crippen LogP contribution in [0.15, 0.2) is 50.3 Å². The van der Waals surface area contributed by atoms with Crippen molar-refractivity contribution < 1.29 is 12.8 Å². The summed E-state index contributed by atoms with van der Waals surface area (Å²) < 4.78 is 41.8. The molecule has 0 bridgehead atoms. The highest BCUT2D eigenvalue weighted by atomic mass is 79.9. The molecule has 1 heterocycles. The summed E-state index contributed by atoms with van der Waals surface area (Å²) in [6, 6.07) is 3.69. The summed E-state index contributed by atoms with van der Waals surface area (Å²) in [6.07, 6.45) is 9.13. The lowest BCUT2D eigenvalue weighted by Crippen LogP contribution is -2.40. The molecule has 0 saturated carbocycles. The smallest absolute Gasteiger partial charge is 0.207 e. The summed E-state index contributed by atoms with van der Waals surface area (Å²) >= 11 is 6.80. The van der Waals surface area contributed by atoms with Gasteiger partial charge in [-0.25, -0.2) is 12.8 Å². The monoisotopic (exact) mass is 477 g/mol. The van der Waals surface area contributed by atoms with Crippen LogP contribution >= 0.6 is 31.9 Å². The predicted octanol–water partition coefficient (Wildman–Crippen LogP) is 4.84. The Morgan fingerprint density at radius 3 is 2.50 bits per heavy atom. The predicted molar refractivity (Wildman–Crippen MR) is 99.8 cm³/mol. The van der Waals surface area contributed by atoms with Gasteiger partial charge in [-0.2, -0.15) is 4.31 Å². The molecule has 130 valence electrons. The number of allylic oxidation sites excluding steroid dienone is 4. The average molecular weight is 479 g/mol. The van der Waals surface area contributed by atoms with Gasteiger partial charge in [-0.3, -0.25) is 0 Å². The molecule has 24 heavy (non-hydrogen) atoms. The summed E-state index contributed by atoms with van der Waals surface area (Å²) in [6.45, 7) is 0.975. The van der Waals surface area contributed by atoms with E-state index in [9.17, 15) is 12.8 Å². The van der Waals surface area contributed by atoms with Gasteiger partial charge in [0.25, 0.3) is 0 Å². The summed E-state index contributed by atoms with van der Waals surface area (Å²) in [5, 5.41) is 0. The molecule has 1 unspecified atom stereocenters. The first-order chi connectivity index (χ1) is 11.4. The van der Waals surface area contributed by atoms with Crippen molar-refractivity contribution in [1.82, 2.24) is 4.31 Å². The zero-order valence-corrected chi connectivity index (χ0v) is 16.9. The van der Waals surface area contributed by atoms with Crippen molar-refractivity contribution in [3.63, 3.8) is 0 Å². The number of rotatable bonds is 3. The molecule has 1 atom stereocenters.